The second-order valence-corrected chi connectivity index (χ2v) is 4.32. The first kappa shape index (κ1) is 13.2. The number of amides is 1. The second-order valence-electron chi connectivity index (χ2n) is 4.32. The highest BCUT2D eigenvalue weighted by Gasteiger charge is 2.22. The lowest BCUT2D eigenvalue weighted by molar-refractivity contribution is -0.120. The predicted octanol–water partition coefficient (Wildman–Crippen LogP) is 1.75. The van der Waals surface area contributed by atoms with Gasteiger partial charge in [-0.1, -0.05) is 37.3 Å². The van der Waals surface area contributed by atoms with Crippen LogP contribution in [-0.4, -0.2) is 16.1 Å². The van der Waals surface area contributed by atoms with E-state index < -0.39 is 0 Å². The van der Waals surface area contributed by atoms with E-state index in [0.29, 0.717) is 5.82 Å². The van der Waals surface area contributed by atoms with Crippen molar-refractivity contribution in [1.82, 2.24) is 10.2 Å². The Hall–Kier alpha value is -2.27. The topological polar surface area (TPSA) is 80.9 Å². The Labute approximate surface area is 111 Å². The van der Waals surface area contributed by atoms with Gasteiger partial charge in [0.2, 0.25) is 5.91 Å². The average Bonchev–Trinajstić information content (AvgIpc) is 2.47. The molecule has 0 radical (unpaired) electrons. The summed E-state index contributed by atoms with van der Waals surface area (Å²) in [5.41, 5.74) is 7.03. The van der Waals surface area contributed by atoms with Crippen LogP contribution in [0.4, 0.5) is 5.82 Å². The van der Waals surface area contributed by atoms with E-state index in [1.54, 1.807) is 25.3 Å². The molecule has 2 aromatic rings. The number of hydrogen-bond donors (Lipinski definition) is 2. The molecule has 0 bridgehead atoms. The summed E-state index contributed by atoms with van der Waals surface area (Å²) in [7, 11) is 0. The van der Waals surface area contributed by atoms with Crippen LogP contribution in [0.3, 0.4) is 0 Å². The summed E-state index contributed by atoms with van der Waals surface area (Å²) in [6, 6.07) is 12.6. The summed E-state index contributed by atoms with van der Waals surface area (Å²) in [5, 5.41) is 10.2. The number of nitrogens with one attached hydrogen (secondary N) is 1. The van der Waals surface area contributed by atoms with Crippen LogP contribution in [0.1, 0.15) is 18.5 Å². The van der Waals surface area contributed by atoms with Crippen LogP contribution in [0.5, 0.6) is 0 Å². The molecule has 0 saturated carbocycles. The second kappa shape index (κ2) is 6.06. The number of hydrogen-bond acceptors (Lipinski definition) is 4. The van der Waals surface area contributed by atoms with Crippen molar-refractivity contribution in [3.8, 4) is 0 Å². The molecule has 0 spiro atoms. The lowest BCUT2D eigenvalue weighted by atomic mass is 9.95. The maximum atomic E-state index is 12.1. The summed E-state index contributed by atoms with van der Waals surface area (Å²) in [6.45, 7) is 1.80. The minimum atomic E-state index is -0.357. The molecule has 2 unspecified atom stereocenters. The molecule has 0 aliphatic rings. The number of rotatable bonds is 4. The molecule has 3 N–H and O–H groups in total. The molecule has 2 atom stereocenters. The van der Waals surface area contributed by atoms with E-state index >= 15 is 0 Å². The number of nitrogens with zero attached hydrogens (tertiary/aromatic N) is 2. The summed E-state index contributed by atoms with van der Waals surface area (Å²) in [5.74, 6) is -0.0964. The smallest absolute Gasteiger partial charge is 0.230 e. The van der Waals surface area contributed by atoms with Crippen LogP contribution in [-0.2, 0) is 4.79 Å². The van der Waals surface area contributed by atoms with E-state index in [2.05, 4.69) is 15.5 Å². The largest absolute Gasteiger partial charge is 0.323 e. The molecule has 2 rings (SSSR count). The van der Waals surface area contributed by atoms with Crippen molar-refractivity contribution in [2.75, 3.05) is 5.32 Å². The van der Waals surface area contributed by atoms with E-state index in [0.717, 1.165) is 5.56 Å². The van der Waals surface area contributed by atoms with Crippen molar-refractivity contribution in [3.63, 3.8) is 0 Å². The summed E-state index contributed by atoms with van der Waals surface area (Å²) >= 11 is 0. The van der Waals surface area contributed by atoms with Crippen LogP contribution in [0, 0.1) is 5.92 Å². The highest BCUT2D eigenvalue weighted by molar-refractivity contribution is 5.91. The number of anilines is 1. The lowest BCUT2D eigenvalue weighted by Crippen LogP contribution is -2.30. The van der Waals surface area contributed by atoms with Crippen molar-refractivity contribution < 1.29 is 4.79 Å². The van der Waals surface area contributed by atoms with Gasteiger partial charge in [-0.2, -0.15) is 5.10 Å². The van der Waals surface area contributed by atoms with Crippen LogP contribution in [0.2, 0.25) is 0 Å². The highest BCUT2D eigenvalue weighted by Crippen LogP contribution is 2.20. The van der Waals surface area contributed by atoms with Gasteiger partial charge in [-0.15, -0.1) is 5.10 Å². The molecule has 19 heavy (non-hydrogen) atoms. The monoisotopic (exact) mass is 256 g/mol. The van der Waals surface area contributed by atoms with Crippen molar-refractivity contribution in [2.24, 2.45) is 11.7 Å². The Morgan fingerprint density at radius 1 is 1.21 bits per heavy atom. The molecule has 5 heteroatoms. The molecule has 98 valence electrons. The zero-order valence-corrected chi connectivity index (χ0v) is 10.7. The van der Waals surface area contributed by atoms with Gasteiger partial charge in [0.05, 0.1) is 5.92 Å². The fourth-order valence-electron chi connectivity index (χ4n) is 1.74. The van der Waals surface area contributed by atoms with Crippen molar-refractivity contribution in [3.05, 3.63) is 54.2 Å². The van der Waals surface area contributed by atoms with Crippen molar-refractivity contribution in [1.29, 1.82) is 0 Å². The molecule has 1 amide bonds. The van der Waals surface area contributed by atoms with E-state index in [1.165, 1.54) is 0 Å². The Morgan fingerprint density at radius 2 is 1.95 bits per heavy atom. The van der Waals surface area contributed by atoms with E-state index in [9.17, 15) is 4.79 Å². The van der Waals surface area contributed by atoms with Crippen molar-refractivity contribution >= 4 is 11.7 Å². The van der Waals surface area contributed by atoms with Crippen LogP contribution < -0.4 is 11.1 Å². The molecule has 1 aromatic carbocycles. The van der Waals surface area contributed by atoms with E-state index in [-0.39, 0.29) is 17.9 Å². The van der Waals surface area contributed by atoms with Crippen LogP contribution >= 0.6 is 0 Å². The van der Waals surface area contributed by atoms with Gasteiger partial charge in [0, 0.05) is 12.2 Å². The first-order valence-corrected chi connectivity index (χ1v) is 6.07. The first-order chi connectivity index (χ1) is 9.18. The maximum Gasteiger partial charge on any atom is 0.230 e. The predicted molar refractivity (Wildman–Crippen MR) is 73.2 cm³/mol. The number of nitrogens with two attached hydrogens (primary N) is 1. The van der Waals surface area contributed by atoms with Crippen LogP contribution in [0.25, 0.3) is 0 Å². The van der Waals surface area contributed by atoms with Gasteiger partial charge < -0.3 is 11.1 Å². The average molecular weight is 256 g/mol. The normalized spacial score (nSPS) is 13.6. The van der Waals surface area contributed by atoms with E-state index in [1.807, 2.05) is 30.3 Å². The minimum absolute atomic E-state index is 0.170. The Morgan fingerprint density at radius 3 is 2.58 bits per heavy atom. The number of benzene rings is 1. The third kappa shape index (κ3) is 3.35. The quantitative estimate of drug-likeness (QED) is 0.873. The zero-order chi connectivity index (χ0) is 13.7. The fraction of sp³-hybridized carbons (Fsp3) is 0.214. The summed E-state index contributed by atoms with van der Waals surface area (Å²) in [4.78, 5) is 12.1. The van der Waals surface area contributed by atoms with Gasteiger partial charge in [0.1, 0.15) is 0 Å². The fourth-order valence-corrected chi connectivity index (χ4v) is 1.74. The Balaban J connectivity index is 2.03. The first-order valence-electron chi connectivity index (χ1n) is 6.07. The molecule has 0 aliphatic carbocycles. The molecule has 0 aliphatic heterocycles. The van der Waals surface area contributed by atoms with Gasteiger partial charge in [0.25, 0.3) is 0 Å². The van der Waals surface area contributed by atoms with Gasteiger partial charge in [-0.3, -0.25) is 4.79 Å². The summed E-state index contributed by atoms with van der Waals surface area (Å²) < 4.78 is 0. The molecule has 0 saturated heterocycles. The minimum Gasteiger partial charge on any atom is -0.323 e. The third-order valence-electron chi connectivity index (χ3n) is 2.96. The molecule has 1 heterocycles. The molecular weight excluding hydrogens is 240 g/mol. The number of aromatic nitrogens is 2. The molecule has 5 nitrogen and oxygen atoms in total. The van der Waals surface area contributed by atoms with Crippen LogP contribution in [0.15, 0.2) is 48.7 Å². The highest BCUT2D eigenvalue weighted by atomic mass is 16.2. The van der Waals surface area contributed by atoms with Gasteiger partial charge in [-0.25, -0.2) is 0 Å². The van der Waals surface area contributed by atoms with E-state index in [4.69, 9.17) is 5.73 Å². The zero-order valence-electron chi connectivity index (χ0n) is 10.7. The van der Waals surface area contributed by atoms with Gasteiger partial charge in [0.15, 0.2) is 5.82 Å². The van der Waals surface area contributed by atoms with Gasteiger partial charge >= 0.3 is 0 Å². The standard InChI is InChI=1S/C14H16N4O/c1-10(13(15)11-6-3-2-4-7-11)14(19)17-12-8-5-9-16-18-12/h2-10,13H,15H2,1H3,(H,17,18,19). The SMILES string of the molecule is CC(C(=O)Nc1cccnn1)C(N)c1ccccc1. The number of carbonyl (C=O) groups is 1. The van der Waals surface area contributed by atoms with Crippen molar-refractivity contribution in [2.45, 2.75) is 13.0 Å². The molecule has 1 aromatic heterocycles. The Bertz CT molecular complexity index is 530. The Kier molecular flexibility index (Phi) is 4.20. The molecule has 0 fully saturated rings. The number of carbonyl (C=O) groups excluding carboxylic acids is 1. The van der Waals surface area contributed by atoms with Gasteiger partial charge in [-0.05, 0) is 17.7 Å². The maximum absolute atomic E-state index is 12.1. The third-order valence-corrected chi connectivity index (χ3v) is 2.96. The lowest BCUT2D eigenvalue weighted by Gasteiger charge is -2.19. The summed E-state index contributed by atoms with van der Waals surface area (Å²) in [6.07, 6.45) is 1.55. The molecular formula is C14H16N4O.